The molecule has 1 aliphatic rings. The van der Waals surface area contributed by atoms with Crippen molar-refractivity contribution in [3.05, 3.63) is 64.7 Å². The van der Waals surface area contributed by atoms with Crippen LogP contribution in [-0.4, -0.2) is 25.0 Å². The number of hydrogen-bond acceptors (Lipinski definition) is 5. The first-order chi connectivity index (χ1) is 12.8. The number of nitriles is 1. The van der Waals surface area contributed by atoms with Gasteiger partial charge in [0, 0.05) is 11.3 Å². The molecule has 2 aromatic carbocycles. The van der Waals surface area contributed by atoms with Crippen molar-refractivity contribution in [1.82, 2.24) is 0 Å². The molecule has 3 rings (SSSR count). The van der Waals surface area contributed by atoms with E-state index in [0.717, 1.165) is 6.07 Å². The van der Waals surface area contributed by atoms with E-state index in [2.05, 4.69) is 10.3 Å². The third-order valence-electron chi connectivity index (χ3n) is 4.17. The second-order valence-corrected chi connectivity index (χ2v) is 6.32. The third kappa shape index (κ3) is 3.78. The molecule has 0 bridgehead atoms. The molecule has 1 heterocycles. The maximum absolute atomic E-state index is 14.4. The normalized spacial score (nSPS) is 19.1. The van der Waals surface area contributed by atoms with Gasteiger partial charge in [-0.1, -0.05) is 0 Å². The Labute approximate surface area is 154 Å². The van der Waals surface area contributed by atoms with Crippen LogP contribution in [0.5, 0.6) is 0 Å². The highest BCUT2D eigenvalue weighted by Gasteiger charge is 2.33. The smallest absolute Gasteiger partial charge is 0.258 e. The first-order valence-electron chi connectivity index (χ1n) is 8.05. The van der Waals surface area contributed by atoms with E-state index in [9.17, 15) is 13.6 Å². The lowest BCUT2D eigenvalue weighted by Crippen LogP contribution is -2.38. The minimum atomic E-state index is -1.03. The van der Waals surface area contributed by atoms with Crippen molar-refractivity contribution in [1.29, 1.82) is 5.26 Å². The Balaban J connectivity index is 1.90. The van der Waals surface area contributed by atoms with E-state index >= 15 is 0 Å². The summed E-state index contributed by atoms with van der Waals surface area (Å²) in [7, 11) is 0. The van der Waals surface area contributed by atoms with Gasteiger partial charge in [-0.25, -0.2) is 8.78 Å². The van der Waals surface area contributed by atoms with E-state index in [1.807, 2.05) is 0 Å². The summed E-state index contributed by atoms with van der Waals surface area (Å²) in [5.41, 5.74) is 5.01. The summed E-state index contributed by atoms with van der Waals surface area (Å²) in [5, 5.41) is 11.3. The number of nitrogens with one attached hydrogen (secondary N) is 1. The molecule has 1 aliphatic heterocycles. The van der Waals surface area contributed by atoms with Crippen LogP contribution in [0.25, 0.3) is 0 Å². The molecule has 0 aliphatic carbocycles. The number of amides is 1. The molecule has 1 unspecified atom stereocenters. The van der Waals surface area contributed by atoms with Crippen LogP contribution in [0.15, 0.2) is 41.4 Å². The van der Waals surface area contributed by atoms with Gasteiger partial charge in [0.1, 0.15) is 29.6 Å². The Bertz CT molecular complexity index is 984. The van der Waals surface area contributed by atoms with Crippen LogP contribution in [-0.2, 0) is 10.3 Å². The standard InChI is InChI=1S/C19H16F2N4O2/c1-19(10-27-9-17(23)25-19)14-7-12(3-5-15(14)20)24-18(26)13-4-2-11(8-22)6-16(13)21/h2-7H,9-10H2,1H3,(H2,23,25)(H,24,26). The predicted molar refractivity (Wildman–Crippen MR) is 95.3 cm³/mol. The van der Waals surface area contributed by atoms with Crippen LogP contribution in [0.1, 0.15) is 28.4 Å². The van der Waals surface area contributed by atoms with Gasteiger partial charge in [0.25, 0.3) is 5.91 Å². The van der Waals surface area contributed by atoms with E-state index in [0.29, 0.717) is 0 Å². The average Bonchev–Trinajstić information content (AvgIpc) is 2.62. The molecule has 0 fully saturated rings. The molecule has 1 atom stereocenters. The van der Waals surface area contributed by atoms with E-state index < -0.39 is 23.1 Å². The number of carbonyl (C=O) groups is 1. The van der Waals surface area contributed by atoms with Gasteiger partial charge in [-0.2, -0.15) is 5.26 Å². The SMILES string of the molecule is CC1(c2cc(NC(=O)c3ccc(C#N)cc3F)ccc2F)COCC(N)=N1. The fraction of sp³-hybridized carbons (Fsp3) is 0.211. The van der Waals surface area contributed by atoms with E-state index in [1.54, 1.807) is 13.0 Å². The maximum atomic E-state index is 14.4. The summed E-state index contributed by atoms with van der Waals surface area (Å²) < 4.78 is 33.7. The summed E-state index contributed by atoms with van der Waals surface area (Å²) in [6.07, 6.45) is 0. The van der Waals surface area contributed by atoms with Gasteiger partial charge in [0.15, 0.2) is 0 Å². The zero-order valence-electron chi connectivity index (χ0n) is 14.4. The monoisotopic (exact) mass is 370 g/mol. The number of rotatable bonds is 3. The quantitative estimate of drug-likeness (QED) is 0.867. The van der Waals surface area contributed by atoms with E-state index in [1.165, 1.54) is 30.3 Å². The molecule has 2 aromatic rings. The van der Waals surface area contributed by atoms with Crippen molar-refractivity contribution >= 4 is 17.4 Å². The van der Waals surface area contributed by atoms with E-state index in [-0.39, 0.29) is 41.4 Å². The Morgan fingerprint density at radius 2 is 2.07 bits per heavy atom. The number of amidine groups is 1. The molecule has 138 valence electrons. The summed E-state index contributed by atoms with van der Waals surface area (Å²) in [5.74, 6) is -1.82. The number of nitrogens with zero attached hydrogens (tertiary/aromatic N) is 2. The van der Waals surface area contributed by atoms with Gasteiger partial charge >= 0.3 is 0 Å². The number of carbonyl (C=O) groups excluding carboxylic acids is 1. The molecule has 1 amide bonds. The van der Waals surface area contributed by atoms with E-state index in [4.69, 9.17) is 15.7 Å². The number of benzene rings is 2. The van der Waals surface area contributed by atoms with Crippen molar-refractivity contribution in [3.8, 4) is 6.07 Å². The fourth-order valence-electron chi connectivity index (χ4n) is 2.86. The maximum Gasteiger partial charge on any atom is 0.258 e. The van der Waals surface area contributed by atoms with Crippen LogP contribution in [0.2, 0.25) is 0 Å². The van der Waals surface area contributed by atoms with Gasteiger partial charge in [0.05, 0.1) is 23.8 Å². The van der Waals surface area contributed by atoms with Gasteiger partial charge in [0.2, 0.25) is 0 Å². The van der Waals surface area contributed by atoms with Crippen LogP contribution in [0.3, 0.4) is 0 Å². The van der Waals surface area contributed by atoms with Crippen LogP contribution >= 0.6 is 0 Å². The molecule has 6 nitrogen and oxygen atoms in total. The summed E-state index contributed by atoms with van der Waals surface area (Å²) >= 11 is 0. The first kappa shape index (κ1) is 18.5. The summed E-state index contributed by atoms with van der Waals surface area (Å²) in [6.45, 7) is 1.97. The van der Waals surface area contributed by atoms with Gasteiger partial charge < -0.3 is 15.8 Å². The number of aliphatic imine (C=N–C) groups is 1. The van der Waals surface area contributed by atoms with Crippen molar-refractivity contribution < 1.29 is 18.3 Å². The zero-order chi connectivity index (χ0) is 19.6. The van der Waals surface area contributed by atoms with Crippen molar-refractivity contribution in [3.63, 3.8) is 0 Å². The molecule has 27 heavy (non-hydrogen) atoms. The molecular weight excluding hydrogens is 354 g/mol. The lowest BCUT2D eigenvalue weighted by Gasteiger charge is -2.30. The Morgan fingerprint density at radius 3 is 2.74 bits per heavy atom. The molecule has 0 radical (unpaired) electrons. The summed E-state index contributed by atoms with van der Waals surface area (Å²) in [4.78, 5) is 16.6. The lowest BCUT2D eigenvalue weighted by atomic mass is 9.91. The minimum Gasteiger partial charge on any atom is -0.386 e. The van der Waals surface area contributed by atoms with Crippen molar-refractivity contribution in [2.75, 3.05) is 18.5 Å². The minimum absolute atomic E-state index is 0.105. The number of ether oxygens (including phenoxy) is 1. The Kier molecular flexibility index (Phi) is 4.88. The van der Waals surface area contributed by atoms with Crippen molar-refractivity contribution in [2.24, 2.45) is 10.7 Å². The second-order valence-electron chi connectivity index (χ2n) is 6.32. The van der Waals surface area contributed by atoms with Crippen LogP contribution < -0.4 is 11.1 Å². The number of halogens is 2. The van der Waals surface area contributed by atoms with Crippen molar-refractivity contribution in [2.45, 2.75) is 12.5 Å². The predicted octanol–water partition coefficient (Wildman–Crippen LogP) is 2.69. The lowest BCUT2D eigenvalue weighted by molar-refractivity contribution is 0.102. The molecular formula is C19H16F2N4O2. The highest BCUT2D eigenvalue weighted by molar-refractivity contribution is 6.04. The second kappa shape index (κ2) is 7.13. The van der Waals surface area contributed by atoms with Gasteiger partial charge in [-0.3, -0.25) is 9.79 Å². The third-order valence-corrected chi connectivity index (χ3v) is 4.17. The molecule has 0 spiro atoms. The number of anilines is 1. The zero-order valence-corrected chi connectivity index (χ0v) is 14.4. The Hall–Kier alpha value is -3.31. The summed E-state index contributed by atoms with van der Waals surface area (Å²) in [6, 6.07) is 9.29. The topological polar surface area (TPSA) is 100 Å². The number of nitrogens with two attached hydrogens (primary N) is 1. The Morgan fingerprint density at radius 1 is 1.30 bits per heavy atom. The number of hydrogen-bond donors (Lipinski definition) is 2. The highest BCUT2D eigenvalue weighted by atomic mass is 19.1. The largest absolute Gasteiger partial charge is 0.386 e. The van der Waals surface area contributed by atoms with Gasteiger partial charge in [-0.05, 0) is 43.3 Å². The highest BCUT2D eigenvalue weighted by Crippen LogP contribution is 2.32. The van der Waals surface area contributed by atoms with Gasteiger partial charge in [-0.15, -0.1) is 0 Å². The molecule has 8 heteroatoms. The average molecular weight is 370 g/mol. The fourth-order valence-corrected chi connectivity index (χ4v) is 2.86. The molecule has 0 saturated heterocycles. The van der Waals surface area contributed by atoms with Crippen LogP contribution in [0, 0.1) is 23.0 Å². The first-order valence-corrected chi connectivity index (χ1v) is 8.05. The van der Waals surface area contributed by atoms with Crippen LogP contribution in [0.4, 0.5) is 14.5 Å². The molecule has 0 aromatic heterocycles. The molecule has 3 N–H and O–H groups in total. The molecule has 0 saturated carbocycles.